The van der Waals surface area contributed by atoms with Gasteiger partial charge in [-0.1, -0.05) is 25.1 Å². The van der Waals surface area contributed by atoms with Crippen LogP contribution in [-0.2, 0) is 13.0 Å². The van der Waals surface area contributed by atoms with Crippen LogP contribution < -0.4 is 5.73 Å². The van der Waals surface area contributed by atoms with Crippen LogP contribution in [0.15, 0.2) is 42.7 Å². The molecule has 3 heteroatoms. The molecule has 0 atom stereocenters. The maximum Gasteiger partial charge on any atom is 0.0673 e. The summed E-state index contributed by atoms with van der Waals surface area (Å²) in [5.74, 6) is 0. The average molecular weight is 265 g/mol. The van der Waals surface area contributed by atoms with Gasteiger partial charge in [-0.25, -0.2) is 0 Å². The van der Waals surface area contributed by atoms with Gasteiger partial charge in [-0.3, -0.25) is 4.98 Å². The Hall–Kier alpha value is -2.13. The summed E-state index contributed by atoms with van der Waals surface area (Å²) < 4.78 is 2.17. The fraction of sp³-hybridized carbons (Fsp3) is 0.235. The molecule has 1 aromatic carbocycles. The minimum absolute atomic E-state index is 0.572. The molecule has 0 aliphatic rings. The third-order valence-corrected chi connectivity index (χ3v) is 3.61. The molecule has 3 nitrogen and oxygen atoms in total. The Morgan fingerprint density at radius 2 is 2.00 bits per heavy atom. The first-order valence-corrected chi connectivity index (χ1v) is 6.99. The van der Waals surface area contributed by atoms with E-state index in [9.17, 15) is 0 Å². The Balaban J connectivity index is 2.17. The highest BCUT2D eigenvalue weighted by Gasteiger charge is 2.07. The Morgan fingerprint density at radius 1 is 1.15 bits per heavy atom. The van der Waals surface area contributed by atoms with E-state index in [1.807, 2.05) is 6.92 Å². The summed E-state index contributed by atoms with van der Waals surface area (Å²) in [6, 6.07) is 10.6. The lowest BCUT2D eigenvalue weighted by Gasteiger charge is -2.02. The zero-order valence-corrected chi connectivity index (χ0v) is 11.9. The van der Waals surface area contributed by atoms with E-state index in [1.54, 1.807) is 0 Å². The Morgan fingerprint density at radius 3 is 2.75 bits per heavy atom. The molecule has 2 aromatic heterocycles. The molecule has 0 spiro atoms. The Kier molecular flexibility index (Phi) is 3.28. The van der Waals surface area contributed by atoms with Gasteiger partial charge in [0, 0.05) is 24.5 Å². The molecule has 0 aliphatic heterocycles. The van der Waals surface area contributed by atoms with Crippen molar-refractivity contribution < 1.29 is 0 Å². The number of hydrogen-bond donors (Lipinski definition) is 1. The molecular weight excluding hydrogens is 246 g/mol. The minimum atomic E-state index is 0.572. The molecule has 0 amide bonds. The minimum Gasteiger partial charge on any atom is -0.326 e. The third-order valence-electron chi connectivity index (χ3n) is 3.61. The molecule has 0 saturated carbocycles. The highest BCUT2D eigenvalue weighted by molar-refractivity contribution is 5.72. The lowest BCUT2D eigenvalue weighted by atomic mass is 10.1. The summed E-state index contributed by atoms with van der Waals surface area (Å²) in [6.45, 7) is 4.75. The number of aromatic nitrogens is 2. The first kappa shape index (κ1) is 12.9. The van der Waals surface area contributed by atoms with Crippen molar-refractivity contribution >= 4 is 5.52 Å². The lowest BCUT2D eigenvalue weighted by molar-refractivity contribution is 0.971. The van der Waals surface area contributed by atoms with E-state index in [-0.39, 0.29) is 0 Å². The predicted molar refractivity (Wildman–Crippen MR) is 82.6 cm³/mol. The maximum absolute atomic E-state index is 5.72. The molecule has 0 unspecified atom stereocenters. The van der Waals surface area contributed by atoms with Crippen LogP contribution in [0.1, 0.15) is 23.9 Å². The summed E-state index contributed by atoms with van der Waals surface area (Å²) in [6.07, 6.45) is 5.18. The molecule has 20 heavy (non-hydrogen) atoms. The van der Waals surface area contributed by atoms with Crippen LogP contribution in [0.2, 0.25) is 0 Å². The van der Waals surface area contributed by atoms with Crippen LogP contribution in [0.25, 0.3) is 16.6 Å². The SMILES string of the molecule is CCc1nc(C)cn2cc(-c3cccc(CN)c3)cc12. The highest BCUT2D eigenvalue weighted by atomic mass is 14.9. The van der Waals surface area contributed by atoms with E-state index >= 15 is 0 Å². The number of nitrogens with two attached hydrogens (primary N) is 1. The third kappa shape index (κ3) is 2.21. The van der Waals surface area contributed by atoms with Gasteiger partial charge < -0.3 is 10.1 Å². The summed E-state index contributed by atoms with van der Waals surface area (Å²) in [4.78, 5) is 4.62. The molecule has 0 fully saturated rings. The largest absolute Gasteiger partial charge is 0.326 e. The fourth-order valence-corrected chi connectivity index (χ4v) is 2.61. The van der Waals surface area contributed by atoms with Gasteiger partial charge in [0.25, 0.3) is 0 Å². The van der Waals surface area contributed by atoms with Gasteiger partial charge in [-0.15, -0.1) is 0 Å². The van der Waals surface area contributed by atoms with Crippen molar-refractivity contribution in [3.8, 4) is 11.1 Å². The van der Waals surface area contributed by atoms with Crippen LogP contribution in [0, 0.1) is 6.92 Å². The van der Waals surface area contributed by atoms with Crippen LogP contribution in [0.5, 0.6) is 0 Å². The number of benzene rings is 1. The van der Waals surface area contributed by atoms with E-state index in [0.29, 0.717) is 6.54 Å². The van der Waals surface area contributed by atoms with E-state index in [1.165, 1.54) is 16.6 Å². The van der Waals surface area contributed by atoms with E-state index in [0.717, 1.165) is 23.4 Å². The van der Waals surface area contributed by atoms with Crippen molar-refractivity contribution in [2.75, 3.05) is 0 Å². The summed E-state index contributed by atoms with van der Waals surface area (Å²) in [5, 5.41) is 0. The van der Waals surface area contributed by atoms with Gasteiger partial charge in [0.05, 0.1) is 16.9 Å². The fourth-order valence-electron chi connectivity index (χ4n) is 2.61. The molecule has 2 heterocycles. The van der Waals surface area contributed by atoms with Crippen LogP contribution >= 0.6 is 0 Å². The number of hydrogen-bond acceptors (Lipinski definition) is 2. The van der Waals surface area contributed by atoms with Crippen molar-refractivity contribution in [3.05, 3.63) is 59.7 Å². The van der Waals surface area contributed by atoms with Crippen molar-refractivity contribution in [2.24, 2.45) is 5.73 Å². The second-order valence-electron chi connectivity index (χ2n) is 5.11. The number of fused-ring (bicyclic) bond motifs is 1. The van der Waals surface area contributed by atoms with Crippen molar-refractivity contribution in [1.82, 2.24) is 9.38 Å². The summed E-state index contributed by atoms with van der Waals surface area (Å²) >= 11 is 0. The van der Waals surface area contributed by atoms with E-state index in [4.69, 9.17) is 5.73 Å². The van der Waals surface area contributed by atoms with Gasteiger partial charge in [0.2, 0.25) is 0 Å². The molecule has 0 saturated heterocycles. The van der Waals surface area contributed by atoms with Gasteiger partial charge >= 0.3 is 0 Å². The molecule has 3 aromatic rings. The molecule has 0 aliphatic carbocycles. The van der Waals surface area contributed by atoms with Crippen LogP contribution in [0.3, 0.4) is 0 Å². The average Bonchev–Trinajstić information content (AvgIpc) is 2.90. The van der Waals surface area contributed by atoms with Crippen LogP contribution in [-0.4, -0.2) is 9.38 Å². The van der Waals surface area contributed by atoms with E-state index in [2.05, 4.69) is 59.0 Å². The van der Waals surface area contributed by atoms with Crippen LogP contribution in [0.4, 0.5) is 0 Å². The zero-order valence-electron chi connectivity index (χ0n) is 11.9. The van der Waals surface area contributed by atoms with Gasteiger partial charge in [-0.2, -0.15) is 0 Å². The molecule has 2 N–H and O–H groups in total. The quantitative estimate of drug-likeness (QED) is 0.789. The second kappa shape index (κ2) is 5.10. The van der Waals surface area contributed by atoms with Gasteiger partial charge in [0.1, 0.15) is 0 Å². The van der Waals surface area contributed by atoms with E-state index < -0.39 is 0 Å². The zero-order chi connectivity index (χ0) is 14.1. The lowest BCUT2D eigenvalue weighted by Crippen LogP contribution is -1.95. The number of nitrogens with zero attached hydrogens (tertiary/aromatic N) is 2. The monoisotopic (exact) mass is 265 g/mol. The standard InChI is InChI=1S/C17H19N3/c1-3-16-17-8-15(11-20(17)10-12(2)19-16)14-6-4-5-13(7-14)9-18/h4-8,10-11H,3,9,18H2,1-2H3. The molecular formula is C17H19N3. The maximum atomic E-state index is 5.72. The second-order valence-corrected chi connectivity index (χ2v) is 5.11. The Labute approximate surface area is 119 Å². The smallest absolute Gasteiger partial charge is 0.0673 e. The summed E-state index contributed by atoms with van der Waals surface area (Å²) in [5.41, 5.74) is 12.7. The first-order chi connectivity index (χ1) is 9.71. The van der Waals surface area contributed by atoms with Gasteiger partial charge in [-0.05, 0) is 36.6 Å². The highest BCUT2D eigenvalue weighted by Crippen LogP contribution is 2.25. The predicted octanol–water partition coefficient (Wildman–Crippen LogP) is 3.33. The molecule has 3 rings (SSSR count). The molecule has 0 bridgehead atoms. The van der Waals surface area contributed by atoms with Crippen molar-refractivity contribution in [2.45, 2.75) is 26.8 Å². The topological polar surface area (TPSA) is 43.3 Å². The molecule has 0 radical (unpaired) electrons. The number of aryl methyl sites for hydroxylation is 2. The summed E-state index contributed by atoms with van der Waals surface area (Å²) in [7, 11) is 0. The number of rotatable bonds is 3. The normalized spacial score (nSPS) is 11.2. The first-order valence-electron chi connectivity index (χ1n) is 6.99. The molecule has 102 valence electrons. The van der Waals surface area contributed by atoms with Gasteiger partial charge in [0.15, 0.2) is 0 Å². The Bertz CT molecular complexity index is 756. The van der Waals surface area contributed by atoms with Crippen molar-refractivity contribution in [1.29, 1.82) is 0 Å². The van der Waals surface area contributed by atoms with Crippen molar-refractivity contribution in [3.63, 3.8) is 0 Å².